The Morgan fingerprint density at radius 3 is 2.64 bits per heavy atom. The van der Waals surface area contributed by atoms with Crippen molar-refractivity contribution in [1.29, 1.82) is 0 Å². The normalized spacial score (nSPS) is 41.8. The molecule has 3 N–H and O–H groups in total. The van der Waals surface area contributed by atoms with Gasteiger partial charge in [-0.2, -0.15) is 0 Å². The van der Waals surface area contributed by atoms with Crippen molar-refractivity contribution < 1.29 is 5.11 Å². The summed E-state index contributed by atoms with van der Waals surface area (Å²) >= 11 is 0. The van der Waals surface area contributed by atoms with Gasteiger partial charge in [-0.3, -0.25) is 4.90 Å². The second-order valence-corrected chi connectivity index (χ2v) is 4.95. The van der Waals surface area contributed by atoms with E-state index in [-0.39, 0.29) is 6.10 Å². The smallest absolute Gasteiger partial charge is 0.0552 e. The summed E-state index contributed by atoms with van der Waals surface area (Å²) in [5.41, 5.74) is 6.08. The lowest BCUT2D eigenvalue weighted by molar-refractivity contribution is 0.120. The van der Waals surface area contributed by atoms with Crippen LogP contribution >= 0.6 is 0 Å². The molecule has 3 heteroatoms. The Morgan fingerprint density at radius 1 is 1.36 bits per heavy atom. The summed E-state index contributed by atoms with van der Waals surface area (Å²) in [6.07, 6.45) is 4.70. The monoisotopic (exact) mass is 198 g/mol. The summed E-state index contributed by atoms with van der Waals surface area (Å²) < 4.78 is 0. The third kappa shape index (κ3) is 1.95. The first-order valence-electron chi connectivity index (χ1n) is 5.86. The zero-order valence-corrected chi connectivity index (χ0v) is 9.02. The van der Waals surface area contributed by atoms with Crippen LogP contribution in [0.1, 0.15) is 32.6 Å². The highest BCUT2D eigenvalue weighted by atomic mass is 16.3. The molecular formula is C11H22N2O. The van der Waals surface area contributed by atoms with Crippen molar-refractivity contribution >= 4 is 0 Å². The first-order chi connectivity index (χ1) is 6.68. The summed E-state index contributed by atoms with van der Waals surface area (Å²) in [7, 11) is 0. The number of likely N-dealkylation sites (tertiary alicyclic amines) is 1. The number of rotatable bonds is 2. The van der Waals surface area contributed by atoms with Gasteiger partial charge in [-0.25, -0.2) is 0 Å². The minimum absolute atomic E-state index is 0.155. The van der Waals surface area contributed by atoms with E-state index in [2.05, 4.69) is 4.90 Å². The average Bonchev–Trinajstić information content (AvgIpc) is 2.71. The topological polar surface area (TPSA) is 49.5 Å². The van der Waals surface area contributed by atoms with Gasteiger partial charge in [-0.15, -0.1) is 0 Å². The van der Waals surface area contributed by atoms with Gasteiger partial charge in [0.15, 0.2) is 0 Å². The highest BCUT2D eigenvalue weighted by Gasteiger charge is 2.35. The van der Waals surface area contributed by atoms with Gasteiger partial charge in [0.2, 0.25) is 0 Å². The Morgan fingerprint density at radius 2 is 2.14 bits per heavy atom. The van der Waals surface area contributed by atoms with E-state index >= 15 is 0 Å². The minimum Gasteiger partial charge on any atom is -0.393 e. The van der Waals surface area contributed by atoms with E-state index in [4.69, 9.17) is 5.73 Å². The largest absolute Gasteiger partial charge is 0.393 e. The van der Waals surface area contributed by atoms with Gasteiger partial charge in [-0.05, 0) is 38.6 Å². The van der Waals surface area contributed by atoms with Crippen molar-refractivity contribution in [3.8, 4) is 0 Å². The highest BCUT2D eigenvalue weighted by Crippen LogP contribution is 2.29. The van der Waals surface area contributed by atoms with Crippen LogP contribution in [0.25, 0.3) is 0 Å². The van der Waals surface area contributed by atoms with Crippen LogP contribution in [0.3, 0.4) is 0 Å². The summed E-state index contributed by atoms with van der Waals surface area (Å²) in [6.45, 7) is 4.09. The van der Waals surface area contributed by atoms with Gasteiger partial charge in [0.1, 0.15) is 0 Å². The molecule has 0 amide bonds. The fraction of sp³-hybridized carbons (Fsp3) is 1.00. The fourth-order valence-electron chi connectivity index (χ4n) is 2.93. The molecule has 1 aliphatic heterocycles. The molecule has 1 saturated heterocycles. The molecule has 14 heavy (non-hydrogen) atoms. The molecule has 1 aliphatic carbocycles. The van der Waals surface area contributed by atoms with Gasteiger partial charge in [0.25, 0.3) is 0 Å². The van der Waals surface area contributed by atoms with Crippen molar-refractivity contribution in [3.05, 3.63) is 0 Å². The van der Waals surface area contributed by atoms with Crippen LogP contribution < -0.4 is 5.73 Å². The molecule has 2 rings (SSSR count). The summed E-state index contributed by atoms with van der Waals surface area (Å²) in [6, 6.07) is 0.974. The van der Waals surface area contributed by atoms with Gasteiger partial charge in [0, 0.05) is 18.6 Å². The second kappa shape index (κ2) is 4.17. The van der Waals surface area contributed by atoms with Crippen LogP contribution in [0.4, 0.5) is 0 Å². The maximum atomic E-state index is 9.52. The van der Waals surface area contributed by atoms with E-state index in [1.54, 1.807) is 0 Å². The Bertz CT molecular complexity index is 196. The van der Waals surface area contributed by atoms with Crippen LogP contribution in [0.5, 0.6) is 0 Å². The molecule has 1 heterocycles. The fourth-order valence-corrected chi connectivity index (χ4v) is 2.93. The number of nitrogens with zero attached hydrogens (tertiary/aromatic N) is 1. The molecule has 3 nitrogen and oxygen atoms in total. The lowest BCUT2D eigenvalue weighted by Crippen LogP contribution is -2.43. The number of nitrogens with two attached hydrogens (primary N) is 1. The SMILES string of the molecule is CC(O)C1CCN(C2CCCC2N)C1. The Hall–Kier alpha value is -0.120. The summed E-state index contributed by atoms with van der Waals surface area (Å²) in [4.78, 5) is 2.50. The molecule has 82 valence electrons. The molecule has 0 radical (unpaired) electrons. The van der Waals surface area contributed by atoms with Gasteiger partial charge in [0.05, 0.1) is 6.10 Å². The molecule has 1 saturated carbocycles. The first kappa shape index (κ1) is 10.4. The lowest BCUT2D eigenvalue weighted by Gasteiger charge is -2.27. The number of hydrogen-bond donors (Lipinski definition) is 2. The Kier molecular flexibility index (Phi) is 3.10. The average molecular weight is 198 g/mol. The number of aliphatic hydroxyl groups is 1. The maximum absolute atomic E-state index is 9.52. The number of aliphatic hydroxyl groups excluding tert-OH is 1. The molecule has 0 aromatic heterocycles. The van der Waals surface area contributed by atoms with E-state index in [1.807, 2.05) is 6.92 Å². The zero-order valence-electron chi connectivity index (χ0n) is 9.02. The molecule has 4 atom stereocenters. The summed E-state index contributed by atoms with van der Waals surface area (Å²) in [5, 5.41) is 9.52. The molecule has 0 bridgehead atoms. The van der Waals surface area contributed by atoms with E-state index in [0.29, 0.717) is 18.0 Å². The molecule has 2 fully saturated rings. The van der Waals surface area contributed by atoms with Gasteiger partial charge < -0.3 is 10.8 Å². The van der Waals surface area contributed by atoms with Crippen molar-refractivity contribution in [1.82, 2.24) is 4.90 Å². The lowest BCUT2D eigenvalue weighted by atomic mass is 10.0. The van der Waals surface area contributed by atoms with Crippen LogP contribution in [-0.2, 0) is 0 Å². The zero-order chi connectivity index (χ0) is 10.1. The maximum Gasteiger partial charge on any atom is 0.0552 e. The van der Waals surface area contributed by atoms with E-state index in [1.165, 1.54) is 19.3 Å². The van der Waals surface area contributed by atoms with Crippen LogP contribution in [-0.4, -0.2) is 41.3 Å². The Labute approximate surface area is 86.3 Å². The molecular weight excluding hydrogens is 176 g/mol. The van der Waals surface area contributed by atoms with Crippen molar-refractivity contribution in [2.45, 2.75) is 50.8 Å². The van der Waals surface area contributed by atoms with E-state index in [9.17, 15) is 5.11 Å². The third-order valence-corrected chi connectivity index (χ3v) is 3.94. The molecule has 0 spiro atoms. The van der Waals surface area contributed by atoms with Crippen molar-refractivity contribution in [2.24, 2.45) is 11.7 Å². The van der Waals surface area contributed by atoms with E-state index in [0.717, 1.165) is 19.5 Å². The molecule has 2 aliphatic rings. The van der Waals surface area contributed by atoms with Crippen LogP contribution in [0.2, 0.25) is 0 Å². The first-order valence-corrected chi connectivity index (χ1v) is 5.86. The van der Waals surface area contributed by atoms with Gasteiger partial charge >= 0.3 is 0 Å². The van der Waals surface area contributed by atoms with Crippen molar-refractivity contribution in [3.63, 3.8) is 0 Å². The van der Waals surface area contributed by atoms with E-state index < -0.39 is 0 Å². The van der Waals surface area contributed by atoms with Crippen LogP contribution in [0, 0.1) is 5.92 Å². The highest BCUT2D eigenvalue weighted by molar-refractivity contribution is 4.92. The third-order valence-electron chi connectivity index (χ3n) is 3.94. The predicted octanol–water partition coefficient (Wildman–Crippen LogP) is 0.569. The standard InChI is InChI=1S/C11H22N2O/c1-8(14)9-5-6-13(7-9)11-4-2-3-10(11)12/h8-11,14H,2-7,12H2,1H3. The second-order valence-electron chi connectivity index (χ2n) is 4.95. The summed E-state index contributed by atoms with van der Waals surface area (Å²) in [5.74, 6) is 0.475. The predicted molar refractivity (Wildman–Crippen MR) is 57.0 cm³/mol. The minimum atomic E-state index is -0.155. The molecule has 0 aromatic rings. The van der Waals surface area contributed by atoms with Crippen molar-refractivity contribution in [2.75, 3.05) is 13.1 Å². The quantitative estimate of drug-likeness (QED) is 0.682. The number of hydrogen-bond acceptors (Lipinski definition) is 3. The molecule has 0 aromatic carbocycles. The van der Waals surface area contributed by atoms with Crippen LogP contribution in [0.15, 0.2) is 0 Å². The molecule has 4 unspecified atom stereocenters. The Balaban J connectivity index is 1.88. The van der Waals surface area contributed by atoms with Gasteiger partial charge in [-0.1, -0.05) is 6.42 Å².